The summed E-state index contributed by atoms with van der Waals surface area (Å²) in [5.41, 5.74) is 3.43. The lowest BCUT2D eigenvalue weighted by atomic mass is 9.97. The molecule has 1 aliphatic rings. The molecule has 1 aliphatic heterocycles. The lowest BCUT2D eigenvalue weighted by molar-refractivity contribution is -0.126. The van der Waals surface area contributed by atoms with Crippen molar-refractivity contribution in [2.24, 2.45) is 11.8 Å². The lowest BCUT2D eigenvalue weighted by Gasteiger charge is -2.32. The Balaban J connectivity index is 2.00. The van der Waals surface area contributed by atoms with Crippen LogP contribution in [-0.2, 0) is 11.3 Å². The van der Waals surface area contributed by atoms with E-state index in [2.05, 4.69) is 16.4 Å². The third-order valence-corrected chi connectivity index (χ3v) is 3.68. The second-order valence-electron chi connectivity index (χ2n) is 5.12. The quantitative estimate of drug-likeness (QED) is 0.483. The zero-order valence-electron chi connectivity index (χ0n) is 12.0. The molecule has 1 fully saturated rings. The molecule has 3 N–H and O–H groups in total. The average molecular weight is 277 g/mol. The van der Waals surface area contributed by atoms with E-state index in [1.54, 1.807) is 0 Å². The molecule has 5 heteroatoms. The molecule has 2 rings (SSSR count). The van der Waals surface area contributed by atoms with E-state index < -0.39 is 0 Å². The van der Waals surface area contributed by atoms with Gasteiger partial charge in [0, 0.05) is 18.7 Å². The molecule has 0 radical (unpaired) electrons. The van der Waals surface area contributed by atoms with Gasteiger partial charge in [0.05, 0.1) is 12.5 Å². The van der Waals surface area contributed by atoms with Gasteiger partial charge in [-0.3, -0.25) is 15.1 Å². The van der Waals surface area contributed by atoms with Gasteiger partial charge in [-0.25, -0.2) is 5.84 Å². The number of nitrogens with two attached hydrogens (primary N) is 1. The number of carbonyl (C=O) groups is 1. The van der Waals surface area contributed by atoms with E-state index in [1.807, 2.05) is 25.1 Å². The van der Waals surface area contributed by atoms with E-state index in [0.29, 0.717) is 6.61 Å². The predicted octanol–water partition coefficient (Wildman–Crippen LogP) is 1.29. The summed E-state index contributed by atoms with van der Waals surface area (Å²) in [6.07, 6.45) is 1.93. The molecule has 1 atom stereocenters. The minimum Gasteiger partial charge on any atom is -0.494 e. The molecule has 1 amide bonds. The minimum absolute atomic E-state index is 0.00648. The third-order valence-electron chi connectivity index (χ3n) is 3.68. The highest BCUT2D eigenvalue weighted by atomic mass is 16.5. The molecular weight excluding hydrogens is 254 g/mol. The highest BCUT2D eigenvalue weighted by Crippen LogP contribution is 2.23. The Morgan fingerprint density at radius 2 is 2.30 bits per heavy atom. The summed E-state index contributed by atoms with van der Waals surface area (Å²) in [7, 11) is 0. The Morgan fingerprint density at radius 3 is 3.05 bits per heavy atom. The average Bonchev–Trinajstić information content (AvgIpc) is 2.49. The van der Waals surface area contributed by atoms with E-state index in [0.717, 1.165) is 38.2 Å². The summed E-state index contributed by atoms with van der Waals surface area (Å²) in [6.45, 7) is 5.22. The Bertz CT molecular complexity index is 450. The van der Waals surface area contributed by atoms with Gasteiger partial charge >= 0.3 is 0 Å². The molecule has 110 valence electrons. The molecule has 0 bridgehead atoms. The Labute approximate surface area is 120 Å². The first-order valence-corrected chi connectivity index (χ1v) is 7.18. The van der Waals surface area contributed by atoms with Crippen LogP contribution in [0.25, 0.3) is 0 Å². The summed E-state index contributed by atoms with van der Waals surface area (Å²) in [5, 5.41) is 0. The molecule has 1 aromatic carbocycles. The fourth-order valence-corrected chi connectivity index (χ4v) is 2.70. The maximum atomic E-state index is 11.6. The highest BCUT2D eigenvalue weighted by Gasteiger charge is 2.25. The van der Waals surface area contributed by atoms with E-state index in [1.165, 1.54) is 5.56 Å². The summed E-state index contributed by atoms with van der Waals surface area (Å²) >= 11 is 0. The number of amides is 1. The van der Waals surface area contributed by atoms with Crippen LogP contribution >= 0.6 is 0 Å². The number of piperidine rings is 1. The fraction of sp³-hybridized carbons (Fsp3) is 0.533. The highest BCUT2D eigenvalue weighted by molar-refractivity contribution is 5.78. The van der Waals surface area contributed by atoms with Gasteiger partial charge in [0.25, 0.3) is 0 Å². The van der Waals surface area contributed by atoms with Crippen LogP contribution in [0.1, 0.15) is 25.3 Å². The summed E-state index contributed by atoms with van der Waals surface area (Å²) in [6, 6.07) is 8.08. The maximum Gasteiger partial charge on any atom is 0.238 e. The van der Waals surface area contributed by atoms with Crippen LogP contribution in [0, 0.1) is 5.92 Å². The number of nitrogens with zero attached hydrogens (tertiary/aromatic N) is 1. The van der Waals surface area contributed by atoms with Crippen molar-refractivity contribution >= 4 is 5.91 Å². The second kappa shape index (κ2) is 7.26. The maximum absolute atomic E-state index is 11.6. The predicted molar refractivity (Wildman–Crippen MR) is 77.9 cm³/mol. The smallest absolute Gasteiger partial charge is 0.238 e. The van der Waals surface area contributed by atoms with Gasteiger partial charge in [0.1, 0.15) is 5.75 Å². The molecule has 1 saturated heterocycles. The van der Waals surface area contributed by atoms with Crippen molar-refractivity contribution in [3.8, 4) is 5.75 Å². The van der Waals surface area contributed by atoms with Gasteiger partial charge in [-0.05, 0) is 32.4 Å². The van der Waals surface area contributed by atoms with Crippen LogP contribution < -0.4 is 16.0 Å². The SMILES string of the molecule is CCOc1ccccc1CN1CCCC(C(=O)NN)C1. The molecule has 1 aromatic rings. The molecule has 20 heavy (non-hydrogen) atoms. The Hall–Kier alpha value is -1.59. The van der Waals surface area contributed by atoms with E-state index in [4.69, 9.17) is 10.6 Å². The Kier molecular flexibility index (Phi) is 5.38. The number of hydrazine groups is 1. The number of carbonyl (C=O) groups excluding carboxylic acids is 1. The number of hydrogen-bond acceptors (Lipinski definition) is 4. The van der Waals surface area contributed by atoms with Crippen molar-refractivity contribution in [3.05, 3.63) is 29.8 Å². The molecule has 0 saturated carbocycles. The summed E-state index contributed by atoms with van der Waals surface area (Å²) < 4.78 is 5.65. The summed E-state index contributed by atoms with van der Waals surface area (Å²) in [4.78, 5) is 13.9. The first-order chi connectivity index (χ1) is 9.74. The molecular formula is C15H23N3O2. The largest absolute Gasteiger partial charge is 0.494 e. The first kappa shape index (κ1) is 14.8. The van der Waals surface area contributed by atoms with Crippen LogP contribution in [0.2, 0.25) is 0 Å². The number of ether oxygens (including phenoxy) is 1. The zero-order chi connectivity index (χ0) is 14.4. The van der Waals surface area contributed by atoms with Crippen LogP contribution in [-0.4, -0.2) is 30.5 Å². The lowest BCUT2D eigenvalue weighted by Crippen LogP contribution is -2.44. The van der Waals surface area contributed by atoms with Crippen LogP contribution in [0.3, 0.4) is 0 Å². The van der Waals surface area contributed by atoms with Crippen molar-refractivity contribution in [3.63, 3.8) is 0 Å². The van der Waals surface area contributed by atoms with Crippen LogP contribution in [0.15, 0.2) is 24.3 Å². The van der Waals surface area contributed by atoms with E-state index in [-0.39, 0.29) is 11.8 Å². The number of rotatable bonds is 5. The summed E-state index contributed by atoms with van der Waals surface area (Å²) in [5.74, 6) is 6.09. The van der Waals surface area contributed by atoms with Gasteiger partial charge in [-0.15, -0.1) is 0 Å². The standard InChI is InChI=1S/C15H23N3O2/c1-2-20-14-8-4-3-6-12(14)10-18-9-5-7-13(11-18)15(19)17-16/h3-4,6,8,13H,2,5,7,9-11,16H2,1H3,(H,17,19). The second-order valence-corrected chi connectivity index (χ2v) is 5.12. The van der Waals surface area contributed by atoms with Crippen LogP contribution in [0.4, 0.5) is 0 Å². The zero-order valence-corrected chi connectivity index (χ0v) is 12.0. The minimum atomic E-state index is -0.0622. The first-order valence-electron chi connectivity index (χ1n) is 7.18. The van der Waals surface area contributed by atoms with Gasteiger partial charge in [0.2, 0.25) is 5.91 Å². The monoisotopic (exact) mass is 277 g/mol. The number of para-hydroxylation sites is 1. The van der Waals surface area contributed by atoms with Gasteiger partial charge in [0.15, 0.2) is 0 Å². The van der Waals surface area contributed by atoms with Gasteiger partial charge in [-0.1, -0.05) is 18.2 Å². The van der Waals surface area contributed by atoms with Crippen molar-refractivity contribution in [1.82, 2.24) is 10.3 Å². The van der Waals surface area contributed by atoms with E-state index in [9.17, 15) is 4.79 Å². The van der Waals surface area contributed by atoms with Crippen LogP contribution in [0.5, 0.6) is 5.75 Å². The van der Waals surface area contributed by atoms with Crippen molar-refractivity contribution in [1.29, 1.82) is 0 Å². The number of nitrogens with one attached hydrogen (secondary N) is 1. The Morgan fingerprint density at radius 1 is 1.50 bits per heavy atom. The molecule has 1 heterocycles. The van der Waals surface area contributed by atoms with Gasteiger partial charge in [-0.2, -0.15) is 0 Å². The normalized spacial score (nSPS) is 19.6. The molecule has 5 nitrogen and oxygen atoms in total. The van der Waals surface area contributed by atoms with Crippen molar-refractivity contribution in [2.45, 2.75) is 26.3 Å². The van der Waals surface area contributed by atoms with Crippen molar-refractivity contribution < 1.29 is 9.53 Å². The topological polar surface area (TPSA) is 67.6 Å². The molecule has 0 spiro atoms. The van der Waals surface area contributed by atoms with Crippen molar-refractivity contribution in [2.75, 3.05) is 19.7 Å². The number of likely N-dealkylation sites (tertiary alicyclic amines) is 1. The molecule has 1 unspecified atom stereocenters. The van der Waals surface area contributed by atoms with E-state index >= 15 is 0 Å². The number of hydrogen-bond donors (Lipinski definition) is 2. The number of benzene rings is 1. The third kappa shape index (κ3) is 3.71. The fourth-order valence-electron chi connectivity index (χ4n) is 2.70. The molecule has 0 aliphatic carbocycles. The van der Waals surface area contributed by atoms with Gasteiger partial charge < -0.3 is 4.74 Å². The molecule has 0 aromatic heterocycles.